The number of para-hydroxylation sites is 1. The summed E-state index contributed by atoms with van der Waals surface area (Å²) in [6.45, 7) is 5.50. The molecule has 1 aromatic heterocycles. The summed E-state index contributed by atoms with van der Waals surface area (Å²) in [6, 6.07) is 6.84. The third kappa shape index (κ3) is 6.50. The van der Waals surface area contributed by atoms with Crippen LogP contribution < -0.4 is 10.2 Å². The van der Waals surface area contributed by atoms with E-state index in [-0.39, 0.29) is 17.7 Å². The Bertz CT molecular complexity index is 1370. The number of carbonyl (C=O) groups excluding carboxylic acids is 1. The van der Waals surface area contributed by atoms with E-state index in [1.165, 1.54) is 23.1 Å². The van der Waals surface area contributed by atoms with Crippen molar-refractivity contribution in [2.45, 2.75) is 51.7 Å². The van der Waals surface area contributed by atoms with Crippen molar-refractivity contribution >= 4 is 17.4 Å². The third-order valence-corrected chi connectivity index (χ3v) is 6.50. The van der Waals surface area contributed by atoms with E-state index >= 15 is 0 Å². The van der Waals surface area contributed by atoms with Crippen LogP contribution in [-0.2, 0) is 6.18 Å². The van der Waals surface area contributed by atoms with Gasteiger partial charge in [0.1, 0.15) is 23.1 Å². The zero-order valence-corrected chi connectivity index (χ0v) is 21.4. The number of hydrogen-bond donors (Lipinski definition) is 1. The molecule has 2 heterocycles. The molecule has 2 amide bonds. The highest BCUT2D eigenvalue weighted by atomic mass is 19.4. The number of amides is 2. The van der Waals surface area contributed by atoms with Crippen molar-refractivity contribution in [1.29, 1.82) is 0 Å². The number of hydrogen-bond acceptors (Lipinski definition) is 5. The molecule has 2 aromatic carbocycles. The fraction of sp³-hybridized carbons (Fsp3) is 0.333. The molecular formula is C27H26F5N5O2. The first kappa shape index (κ1) is 27.9. The number of urea groups is 1. The number of aromatic nitrogens is 2. The lowest BCUT2D eigenvalue weighted by atomic mass is 9.86. The van der Waals surface area contributed by atoms with E-state index in [9.17, 15) is 26.7 Å². The van der Waals surface area contributed by atoms with Gasteiger partial charge in [0, 0.05) is 30.3 Å². The van der Waals surface area contributed by atoms with Gasteiger partial charge in [0.05, 0.1) is 17.0 Å². The number of benzene rings is 2. The number of oxime groups is 1. The highest BCUT2D eigenvalue weighted by Crippen LogP contribution is 2.34. The fourth-order valence-corrected chi connectivity index (χ4v) is 4.50. The maximum absolute atomic E-state index is 14.0. The summed E-state index contributed by atoms with van der Waals surface area (Å²) in [6.07, 6.45) is -1.93. The van der Waals surface area contributed by atoms with Crippen LogP contribution in [0.15, 0.2) is 53.8 Å². The molecule has 0 bridgehead atoms. The first-order chi connectivity index (χ1) is 18.4. The number of likely N-dealkylation sites (tertiary alicyclic amines) is 1. The second-order valence-electron chi connectivity index (χ2n) is 9.30. The van der Waals surface area contributed by atoms with Gasteiger partial charge in [-0.05, 0) is 63.9 Å². The molecule has 3 aromatic rings. The minimum atomic E-state index is -4.51. The summed E-state index contributed by atoms with van der Waals surface area (Å²) in [5.74, 6) is -1.39. The largest absolute Gasteiger partial charge is 0.416 e. The van der Waals surface area contributed by atoms with Crippen LogP contribution in [0.2, 0.25) is 0 Å². The van der Waals surface area contributed by atoms with Crippen LogP contribution in [0.5, 0.6) is 5.75 Å². The van der Waals surface area contributed by atoms with Crippen LogP contribution in [0.25, 0.3) is 0 Å². The van der Waals surface area contributed by atoms with Gasteiger partial charge in [-0.1, -0.05) is 17.3 Å². The number of halogens is 5. The molecule has 2 atom stereocenters. The van der Waals surface area contributed by atoms with Crippen molar-refractivity contribution in [3.8, 4) is 5.75 Å². The number of alkyl halides is 3. The highest BCUT2D eigenvalue weighted by Gasteiger charge is 2.33. The summed E-state index contributed by atoms with van der Waals surface area (Å²) in [7, 11) is 0. The monoisotopic (exact) mass is 547 g/mol. The van der Waals surface area contributed by atoms with E-state index in [1.807, 2.05) is 6.92 Å². The zero-order chi connectivity index (χ0) is 28.3. The Morgan fingerprint density at radius 2 is 1.85 bits per heavy atom. The second kappa shape index (κ2) is 11.3. The van der Waals surface area contributed by atoms with Gasteiger partial charge < -0.3 is 15.1 Å². The highest BCUT2D eigenvalue weighted by molar-refractivity contribution is 5.99. The molecule has 1 N–H and O–H groups in total. The van der Waals surface area contributed by atoms with E-state index in [2.05, 4.69) is 20.4 Å². The standard InChI is InChI=1S/C27H26F5N5O2/c1-15-12-18(10-11-37(15)26(38)35-25-22(28)8-5-9-23(25)29)24-21(14-33-17(3)34-24)16(2)36-39-20-7-4-6-19(13-20)27(30,31)32/h4-9,13-15,18H,10-12H2,1-3H3,(H,35,38). The second-order valence-corrected chi connectivity index (χ2v) is 9.30. The van der Waals surface area contributed by atoms with E-state index in [4.69, 9.17) is 4.84 Å². The van der Waals surface area contributed by atoms with Gasteiger partial charge in [-0.25, -0.2) is 23.5 Å². The van der Waals surface area contributed by atoms with Crippen LogP contribution in [0.4, 0.5) is 32.4 Å². The lowest BCUT2D eigenvalue weighted by molar-refractivity contribution is -0.137. The van der Waals surface area contributed by atoms with Gasteiger partial charge in [0.15, 0.2) is 5.75 Å². The van der Waals surface area contributed by atoms with Crippen LogP contribution in [0.1, 0.15) is 55.3 Å². The van der Waals surface area contributed by atoms with Crippen molar-refractivity contribution in [3.63, 3.8) is 0 Å². The average Bonchev–Trinajstić information content (AvgIpc) is 2.89. The predicted octanol–water partition coefficient (Wildman–Crippen LogP) is 6.69. The molecule has 1 aliphatic rings. The molecule has 0 spiro atoms. The number of rotatable bonds is 5. The van der Waals surface area contributed by atoms with Gasteiger partial charge in [-0.15, -0.1) is 0 Å². The van der Waals surface area contributed by atoms with Crippen molar-refractivity contribution < 1.29 is 31.6 Å². The lowest BCUT2D eigenvalue weighted by Gasteiger charge is -2.38. The Kier molecular flexibility index (Phi) is 8.12. The normalized spacial score (nSPS) is 18.2. The predicted molar refractivity (Wildman–Crippen MR) is 135 cm³/mol. The van der Waals surface area contributed by atoms with Crippen molar-refractivity contribution in [2.75, 3.05) is 11.9 Å². The number of aryl methyl sites for hydroxylation is 1. The first-order valence-electron chi connectivity index (χ1n) is 12.2. The molecule has 1 saturated heterocycles. The van der Waals surface area contributed by atoms with Gasteiger partial charge in [-0.3, -0.25) is 0 Å². The van der Waals surface area contributed by atoms with Gasteiger partial charge in [0.2, 0.25) is 0 Å². The zero-order valence-electron chi connectivity index (χ0n) is 21.4. The average molecular weight is 548 g/mol. The minimum absolute atomic E-state index is 0.0713. The summed E-state index contributed by atoms with van der Waals surface area (Å²) in [5.41, 5.74) is 0.248. The third-order valence-electron chi connectivity index (χ3n) is 6.50. The summed E-state index contributed by atoms with van der Waals surface area (Å²) >= 11 is 0. The summed E-state index contributed by atoms with van der Waals surface area (Å²) in [4.78, 5) is 28.4. The smallest absolute Gasteiger partial charge is 0.357 e. The molecular weight excluding hydrogens is 521 g/mol. The van der Waals surface area contributed by atoms with Crippen molar-refractivity contribution in [1.82, 2.24) is 14.9 Å². The number of anilines is 1. The lowest BCUT2D eigenvalue weighted by Crippen LogP contribution is -2.46. The van der Waals surface area contributed by atoms with Crippen LogP contribution in [0, 0.1) is 18.6 Å². The molecule has 39 heavy (non-hydrogen) atoms. The van der Waals surface area contributed by atoms with Crippen LogP contribution in [-0.4, -0.2) is 39.2 Å². The Morgan fingerprint density at radius 1 is 1.15 bits per heavy atom. The Morgan fingerprint density at radius 3 is 2.51 bits per heavy atom. The van der Waals surface area contributed by atoms with E-state index in [1.54, 1.807) is 20.0 Å². The number of piperidine rings is 1. The van der Waals surface area contributed by atoms with Crippen LogP contribution >= 0.6 is 0 Å². The molecule has 206 valence electrons. The van der Waals surface area contributed by atoms with E-state index < -0.39 is 35.1 Å². The number of nitrogens with one attached hydrogen (secondary N) is 1. The van der Waals surface area contributed by atoms with Gasteiger partial charge in [0.25, 0.3) is 0 Å². The molecule has 4 rings (SSSR count). The molecule has 7 nitrogen and oxygen atoms in total. The molecule has 1 fully saturated rings. The molecule has 0 saturated carbocycles. The van der Waals surface area contributed by atoms with Gasteiger partial charge in [-0.2, -0.15) is 13.2 Å². The molecule has 2 unspecified atom stereocenters. The molecule has 1 aliphatic heterocycles. The minimum Gasteiger partial charge on any atom is -0.357 e. The topological polar surface area (TPSA) is 79.7 Å². The van der Waals surface area contributed by atoms with Crippen molar-refractivity contribution in [3.05, 3.63) is 82.9 Å². The molecule has 0 radical (unpaired) electrons. The first-order valence-corrected chi connectivity index (χ1v) is 12.2. The Hall–Kier alpha value is -4.09. The van der Waals surface area contributed by atoms with E-state index in [0.29, 0.717) is 42.2 Å². The molecule has 0 aliphatic carbocycles. The Balaban J connectivity index is 1.50. The summed E-state index contributed by atoms with van der Waals surface area (Å²) < 4.78 is 67.0. The maximum Gasteiger partial charge on any atom is 0.416 e. The van der Waals surface area contributed by atoms with Crippen LogP contribution in [0.3, 0.4) is 0 Å². The maximum atomic E-state index is 14.0. The Labute approximate surface area is 221 Å². The SMILES string of the molecule is CC(=NOc1cccc(C(F)(F)F)c1)c1cnc(C)nc1C1CCN(C(=O)Nc2c(F)cccc2F)C(C)C1. The number of carbonyl (C=O) groups is 1. The fourth-order valence-electron chi connectivity index (χ4n) is 4.50. The van der Waals surface area contributed by atoms with Crippen molar-refractivity contribution in [2.24, 2.45) is 5.16 Å². The van der Waals surface area contributed by atoms with E-state index in [0.717, 1.165) is 24.3 Å². The number of nitrogens with zero attached hydrogens (tertiary/aromatic N) is 4. The quantitative estimate of drug-likeness (QED) is 0.219. The van der Waals surface area contributed by atoms with Gasteiger partial charge >= 0.3 is 12.2 Å². The summed E-state index contributed by atoms with van der Waals surface area (Å²) in [5, 5.41) is 6.35. The molecule has 12 heteroatoms.